The van der Waals surface area contributed by atoms with E-state index in [9.17, 15) is 4.39 Å². The van der Waals surface area contributed by atoms with Crippen LogP contribution in [0.2, 0.25) is 0 Å². The SMILES string of the molecule is Fc1ccccc1CCCOc1cc[c]cc1. The molecule has 2 heteroatoms. The van der Waals surface area contributed by atoms with Crippen LogP contribution in [0.15, 0.2) is 48.5 Å². The Morgan fingerprint density at radius 1 is 1.06 bits per heavy atom. The van der Waals surface area contributed by atoms with Gasteiger partial charge in [0.05, 0.1) is 6.61 Å². The summed E-state index contributed by atoms with van der Waals surface area (Å²) in [5.41, 5.74) is 0.748. The molecular formula is C15H14FO. The highest BCUT2D eigenvalue weighted by atomic mass is 19.1. The Morgan fingerprint density at radius 2 is 1.82 bits per heavy atom. The lowest BCUT2D eigenvalue weighted by atomic mass is 10.1. The second-order valence-corrected chi connectivity index (χ2v) is 3.78. The summed E-state index contributed by atoms with van der Waals surface area (Å²) in [6.07, 6.45) is 1.51. The van der Waals surface area contributed by atoms with Crippen molar-refractivity contribution in [3.05, 3.63) is 66.0 Å². The summed E-state index contributed by atoms with van der Waals surface area (Å²) >= 11 is 0. The number of aryl methyl sites for hydroxylation is 1. The molecule has 2 aromatic rings. The fourth-order valence-electron chi connectivity index (χ4n) is 1.62. The number of rotatable bonds is 5. The second kappa shape index (κ2) is 6.04. The molecule has 0 atom stereocenters. The molecule has 0 bridgehead atoms. The van der Waals surface area contributed by atoms with Crippen LogP contribution in [0.5, 0.6) is 5.75 Å². The van der Waals surface area contributed by atoms with E-state index >= 15 is 0 Å². The predicted octanol–water partition coefficient (Wildman–Crippen LogP) is 3.64. The van der Waals surface area contributed by atoms with E-state index in [0.717, 1.165) is 17.7 Å². The summed E-state index contributed by atoms with van der Waals surface area (Å²) in [6.45, 7) is 0.596. The van der Waals surface area contributed by atoms with E-state index in [1.807, 2.05) is 36.4 Å². The maximum absolute atomic E-state index is 13.3. The van der Waals surface area contributed by atoms with Gasteiger partial charge in [0.1, 0.15) is 11.6 Å². The first-order valence-corrected chi connectivity index (χ1v) is 5.68. The van der Waals surface area contributed by atoms with Crippen LogP contribution < -0.4 is 4.74 Å². The lowest BCUT2D eigenvalue weighted by molar-refractivity contribution is 0.310. The normalized spacial score (nSPS) is 10.2. The van der Waals surface area contributed by atoms with Gasteiger partial charge in [-0.25, -0.2) is 4.39 Å². The average molecular weight is 229 g/mol. The van der Waals surface area contributed by atoms with Crippen LogP contribution >= 0.6 is 0 Å². The minimum absolute atomic E-state index is 0.137. The van der Waals surface area contributed by atoms with E-state index in [1.165, 1.54) is 6.07 Å². The molecule has 0 aliphatic carbocycles. The predicted molar refractivity (Wildman–Crippen MR) is 65.5 cm³/mol. The molecule has 0 fully saturated rings. The van der Waals surface area contributed by atoms with Crippen molar-refractivity contribution >= 4 is 0 Å². The zero-order valence-electron chi connectivity index (χ0n) is 9.53. The topological polar surface area (TPSA) is 9.23 Å². The van der Waals surface area contributed by atoms with E-state index in [-0.39, 0.29) is 5.82 Å². The Morgan fingerprint density at radius 3 is 2.59 bits per heavy atom. The average Bonchev–Trinajstić information content (AvgIpc) is 2.38. The van der Waals surface area contributed by atoms with Crippen LogP contribution in [0.25, 0.3) is 0 Å². The molecule has 2 aromatic carbocycles. The standard InChI is InChI=1S/C15H14FO/c16-15-11-5-4-7-13(15)8-6-12-17-14-9-2-1-3-10-14/h2-5,7,9-11H,6,8,12H2. The van der Waals surface area contributed by atoms with Crippen molar-refractivity contribution in [3.63, 3.8) is 0 Å². The van der Waals surface area contributed by atoms with Crippen molar-refractivity contribution in [1.29, 1.82) is 0 Å². The first kappa shape index (κ1) is 11.6. The molecule has 0 saturated heterocycles. The molecule has 0 amide bonds. The van der Waals surface area contributed by atoms with Crippen LogP contribution in [-0.4, -0.2) is 6.61 Å². The summed E-state index contributed by atoms with van der Waals surface area (Å²) in [6, 6.07) is 17.1. The lowest BCUT2D eigenvalue weighted by Crippen LogP contribution is -2.00. The third kappa shape index (κ3) is 3.59. The molecule has 0 saturated carbocycles. The molecule has 0 aliphatic rings. The maximum Gasteiger partial charge on any atom is 0.126 e. The third-order valence-electron chi connectivity index (χ3n) is 2.50. The van der Waals surface area contributed by atoms with Crippen LogP contribution in [0.1, 0.15) is 12.0 Å². The summed E-state index contributed by atoms with van der Waals surface area (Å²) in [5, 5.41) is 0. The Labute approximate surface area is 101 Å². The van der Waals surface area contributed by atoms with Gasteiger partial charge in [0.15, 0.2) is 0 Å². The van der Waals surface area contributed by atoms with Gasteiger partial charge in [0.2, 0.25) is 0 Å². The van der Waals surface area contributed by atoms with Crippen LogP contribution in [-0.2, 0) is 6.42 Å². The minimum Gasteiger partial charge on any atom is -0.494 e. The zero-order valence-corrected chi connectivity index (χ0v) is 9.53. The fraction of sp³-hybridized carbons (Fsp3) is 0.200. The highest BCUT2D eigenvalue weighted by Crippen LogP contribution is 2.11. The van der Waals surface area contributed by atoms with Crippen molar-refractivity contribution in [2.45, 2.75) is 12.8 Å². The largest absolute Gasteiger partial charge is 0.494 e. The summed E-state index contributed by atoms with van der Waals surface area (Å²) in [4.78, 5) is 0. The first-order valence-electron chi connectivity index (χ1n) is 5.68. The highest BCUT2D eigenvalue weighted by molar-refractivity contribution is 5.20. The number of halogens is 1. The minimum atomic E-state index is -0.137. The summed E-state index contributed by atoms with van der Waals surface area (Å²) in [7, 11) is 0. The molecule has 0 aliphatic heterocycles. The van der Waals surface area contributed by atoms with Gasteiger partial charge in [-0.15, -0.1) is 0 Å². The lowest BCUT2D eigenvalue weighted by Gasteiger charge is -2.06. The molecule has 0 unspecified atom stereocenters. The van der Waals surface area contributed by atoms with Crippen molar-refractivity contribution in [1.82, 2.24) is 0 Å². The molecule has 0 heterocycles. The molecule has 1 radical (unpaired) electrons. The summed E-state index contributed by atoms with van der Waals surface area (Å²) < 4.78 is 18.8. The van der Waals surface area contributed by atoms with Crippen LogP contribution in [0, 0.1) is 11.9 Å². The molecule has 0 aromatic heterocycles. The van der Waals surface area contributed by atoms with Gasteiger partial charge in [-0.3, -0.25) is 0 Å². The second-order valence-electron chi connectivity index (χ2n) is 3.78. The van der Waals surface area contributed by atoms with Gasteiger partial charge in [-0.1, -0.05) is 30.3 Å². The third-order valence-corrected chi connectivity index (χ3v) is 2.50. The first-order chi connectivity index (χ1) is 8.36. The monoisotopic (exact) mass is 229 g/mol. The number of ether oxygens (including phenoxy) is 1. The van der Waals surface area contributed by atoms with Crippen molar-refractivity contribution in [2.75, 3.05) is 6.61 Å². The molecule has 0 N–H and O–H groups in total. The summed E-state index contributed by atoms with van der Waals surface area (Å²) in [5.74, 6) is 0.694. The van der Waals surface area contributed by atoms with E-state index in [1.54, 1.807) is 6.07 Å². The van der Waals surface area contributed by atoms with E-state index in [4.69, 9.17) is 4.74 Å². The molecule has 1 nitrogen and oxygen atoms in total. The van der Waals surface area contributed by atoms with E-state index in [2.05, 4.69) is 6.07 Å². The molecule has 87 valence electrons. The maximum atomic E-state index is 13.3. The molecule has 17 heavy (non-hydrogen) atoms. The van der Waals surface area contributed by atoms with Gasteiger partial charge in [0, 0.05) is 0 Å². The van der Waals surface area contributed by atoms with E-state index in [0.29, 0.717) is 13.0 Å². The Hall–Kier alpha value is -1.83. The van der Waals surface area contributed by atoms with Crippen LogP contribution in [0.3, 0.4) is 0 Å². The van der Waals surface area contributed by atoms with Crippen LogP contribution in [0.4, 0.5) is 4.39 Å². The number of hydrogen-bond donors (Lipinski definition) is 0. The van der Waals surface area contributed by atoms with Gasteiger partial charge >= 0.3 is 0 Å². The smallest absolute Gasteiger partial charge is 0.126 e. The number of hydrogen-bond acceptors (Lipinski definition) is 1. The molecule has 2 rings (SSSR count). The van der Waals surface area contributed by atoms with Crippen molar-refractivity contribution in [3.8, 4) is 5.75 Å². The van der Waals surface area contributed by atoms with Gasteiger partial charge in [-0.05, 0) is 42.7 Å². The Balaban J connectivity index is 1.76. The molecule has 0 spiro atoms. The van der Waals surface area contributed by atoms with Gasteiger partial charge in [0.25, 0.3) is 0 Å². The van der Waals surface area contributed by atoms with E-state index < -0.39 is 0 Å². The van der Waals surface area contributed by atoms with Crippen molar-refractivity contribution in [2.24, 2.45) is 0 Å². The number of benzene rings is 2. The van der Waals surface area contributed by atoms with Gasteiger partial charge < -0.3 is 4.74 Å². The quantitative estimate of drug-likeness (QED) is 0.711. The van der Waals surface area contributed by atoms with Crippen molar-refractivity contribution < 1.29 is 9.13 Å². The Kier molecular flexibility index (Phi) is 4.14. The molecular weight excluding hydrogens is 215 g/mol. The fourth-order valence-corrected chi connectivity index (χ4v) is 1.62. The zero-order chi connectivity index (χ0) is 11.9. The van der Waals surface area contributed by atoms with Gasteiger partial charge in [-0.2, -0.15) is 0 Å². The Bertz CT molecular complexity index is 453. The highest BCUT2D eigenvalue weighted by Gasteiger charge is 2.00.